The van der Waals surface area contributed by atoms with Crippen LogP contribution >= 0.6 is 0 Å². The standard InChI is InChI=1S/C23H24N4O5S/c1-4-32-23(29)21-11-12-26(24-21)19-7-5-18(6-8-19)25-33(30,31)20-9-10-22-17(14-20)13-15(2)27(22)16(3)28/h5-12,14-15,25H,4,13H2,1-3H3. The molecule has 1 unspecified atom stereocenters. The Bertz CT molecular complexity index is 1310. The lowest BCUT2D eigenvalue weighted by Gasteiger charge is -2.20. The van der Waals surface area contributed by atoms with Crippen molar-refractivity contribution in [2.75, 3.05) is 16.2 Å². The molecule has 4 rings (SSSR count). The number of hydrogen-bond donors (Lipinski definition) is 1. The number of anilines is 2. The van der Waals surface area contributed by atoms with E-state index in [1.807, 2.05) is 6.92 Å². The molecule has 1 atom stereocenters. The molecule has 1 aromatic heterocycles. The van der Waals surface area contributed by atoms with Crippen LogP contribution in [0.1, 0.15) is 36.8 Å². The molecule has 0 fully saturated rings. The van der Waals surface area contributed by atoms with Crippen LogP contribution in [0.25, 0.3) is 5.69 Å². The molecule has 1 aliphatic heterocycles. The number of amides is 1. The third kappa shape index (κ3) is 4.47. The van der Waals surface area contributed by atoms with Gasteiger partial charge in [0.2, 0.25) is 5.91 Å². The summed E-state index contributed by atoms with van der Waals surface area (Å²) in [4.78, 5) is 25.5. The number of nitrogens with zero attached hydrogens (tertiary/aromatic N) is 3. The van der Waals surface area contributed by atoms with E-state index in [1.54, 1.807) is 60.5 Å². The van der Waals surface area contributed by atoms with Crippen LogP contribution in [0.3, 0.4) is 0 Å². The van der Waals surface area contributed by atoms with Gasteiger partial charge in [-0.25, -0.2) is 17.9 Å². The summed E-state index contributed by atoms with van der Waals surface area (Å²) in [5, 5.41) is 4.18. The molecular weight excluding hydrogens is 444 g/mol. The molecule has 1 N–H and O–H groups in total. The van der Waals surface area contributed by atoms with Crippen LogP contribution in [0.2, 0.25) is 0 Å². The smallest absolute Gasteiger partial charge is 0.358 e. The number of carbonyl (C=O) groups excluding carboxylic acids is 2. The molecular formula is C23H24N4O5S. The minimum atomic E-state index is -3.82. The number of aromatic nitrogens is 2. The summed E-state index contributed by atoms with van der Waals surface area (Å²) in [6, 6.07) is 13.0. The highest BCUT2D eigenvalue weighted by atomic mass is 32.2. The molecule has 9 nitrogen and oxygen atoms in total. The Morgan fingerprint density at radius 3 is 2.55 bits per heavy atom. The third-order valence-electron chi connectivity index (χ3n) is 5.37. The predicted octanol–water partition coefficient (Wildman–Crippen LogP) is 3.15. The van der Waals surface area contributed by atoms with Crippen LogP contribution in [0.5, 0.6) is 0 Å². The highest BCUT2D eigenvalue weighted by Gasteiger charge is 2.30. The van der Waals surface area contributed by atoms with E-state index in [-0.39, 0.29) is 29.1 Å². The van der Waals surface area contributed by atoms with Crippen molar-refractivity contribution in [1.29, 1.82) is 0 Å². The van der Waals surface area contributed by atoms with Crippen molar-refractivity contribution in [1.82, 2.24) is 9.78 Å². The maximum absolute atomic E-state index is 12.9. The van der Waals surface area contributed by atoms with E-state index in [2.05, 4.69) is 9.82 Å². The molecule has 1 amide bonds. The predicted molar refractivity (Wildman–Crippen MR) is 123 cm³/mol. The minimum absolute atomic E-state index is 0.0115. The lowest BCUT2D eigenvalue weighted by Crippen LogP contribution is -2.33. The Labute approximate surface area is 192 Å². The fraction of sp³-hybridized carbons (Fsp3) is 0.261. The summed E-state index contributed by atoms with van der Waals surface area (Å²) in [6.07, 6.45) is 2.23. The first-order valence-corrected chi connectivity index (χ1v) is 12.0. The third-order valence-corrected chi connectivity index (χ3v) is 6.75. The van der Waals surface area contributed by atoms with Crippen LogP contribution in [0, 0.1) is 0 Å². The van der Waals surface area contributed by atoms with Gasteiger partial charge in [-0.1, -0.05) is 0 Å². The van der Waals surface area contributed by atoms with Gasteiger partial charge in [-0.2, -0.15) is 5.10 Å². The number of ether oxygens (including phenoxy) is 1. The van der Waals surface area contributed by atoms with Gasteiger partial charge >= 0.3 is 5.97 Å². The fourth-order valence-corrected chi connectivity index (χ4v) is 5.04. The summed E-state index contributed by atoms with van der Waals surface area (Å²) in [7, 11) is -3.82. The maximum Gasteiger partial charge on any atom is 0.358 e. The molecule has 0 spiro atoms. The van der Waals surface area contributed by atoms with E-state index in [0.29, 0.717) is 17.8 Å². The average molecular weight is 469 g/mol. The lowest BCUT2D eigenvalue weighted by molar-refractivity contribution is -0.116. The van der Waals surface area contributed by atoms with Crippen molar-refractivity contribution in [3.8, 4) is 5.69 Å². The molecule has 1 aliphatic rings. The van der Waals surface area contributed by atoms with Gasteiger partial charge < -0.3 is 9.64 Å². The molecule has 0 saturated heterocycles. The summed E-state index contributed by atoms with van der Waals surface area (Å²) < 4.78 is 34.9. The van der Waals surface area contributed by atoms with Crippen molar-refractivity contribution < 1.29 is 22.7 Å². The second-order valence-electron chi connectivity index (χ2n) is 7.75. The van der Waals surface area contributed by atoms with Crippen molar-refractivity contribution in [3.05, 3.63) is 66.0 Å². The fourth-order valence-electron chi connectivity index (χ4n) is 3.93. The first-order chi connectivity index (χ1) is 15.7. The van der Waals surface area contributed by atoms with Crippen molar-refractivity contribution in [2.45, 2.75) is 38.1 Å². The second kappa shape index (κ2) is 8.70. The molecule has 0 radical (unpaired) electrons. The normalized spacial score (nSPS) is 15.2. The summed E-state index contributed by atoms with van der Waals surface area (Å²) >= 11 is 0. The quantitative estimate of drug-likeness (QED) is 0.557. The molecule has 0 aliphatic carbocycles. The van der Waals surface area contributed by atoms with Crippen LogP contribution in [0.15, 0.2) is 59.6 Å². The van der Waals surface area contributed by atoms with E-state index in [9.17, 15) is 18.0 Å². The zero-order chi connectivity index (χ0) is 23.8. The first-order valence-electron chi connectivity index (χ1n) is 10.5. The number of carbonyl (C=O) groups is 2. The number of esters is 1. The van der Waals surface area contributed by atoms with Crippen molar-refractivity contribution in [2.24, 2.45) is 0 Å². The summed E-state index contributed by atoms with van der Waals surface area (Å²) in [6.45, 7) is 5.42. The van der Waals surface area contributed by atoms with Crippen LogP contribution in [-0.4, -0.2) is 42.7 Å². The van der Waals surface area contributed by atoms with Gasteiger partial charge in [0.05, 0.1) is 17.2 Å². The molecule has 172 valence electrons. The van der Waals surface area contributed by atoms with E-state index < -0.39 is 16.0 Å². The monoisotopic (exact) mass is 468 g/mol. The van der Waals surface area contributed by atoms with E-state index >= 15 is 0 Å². The largest absolute Gasteiger partial charge is 0.461 e. The molecule has 2 heterocycles. The van der Waals surface area contributed by atoms with E-state index in [4.69, 9.17) is 4.74 Å². The number of sulfonamides is 1. The van der Waals surface area contributed by atoms with E-state index in [0.717, 1.165) is 11.3 Å². The van der Waals surface area contributed by atoms with Gasteiger partial charge in [0.15, 0.2) is 5.69 Å². The van der Waals surface area contributed by atoms with Crippen molar-refractivity contribution in [3.63, 3.8) is 0 Å². The Balaban J connectivity index is 1.51. The van der Waals surface area contributed by atoms with Gasteiger partial charge in [-0.3, -0.25) is 9.52 Å². The van der Waals surface area contributed by atoms with Gasteiger partial charge in [0.25, 0.3) is 10.0 Å². The topological polar surface area (TPSA) is 111 Å². The number of hydrogen-bond acceptors (Lipinski definition) is 6. The summed E-state index contributed by atoms with van der Waals surface area (Å²) in [5.41, 5.74) is 2.81. The van der Waals surface area contributed by atoms with Crippen LogP contribution < -0.4 is 9.62 Å². The molecule has 2 aromatic carbocycles. The second-order valence-corrected chi connectivity index (χ2v) is 9.43. The number of nitrogens with one attached hydrogen (secondary N) is 1. The number of benzene rings is 2. The zero-order valence-electron chi connectivity index (χ0n) is 18.5. The van der Waals surface area contributed by atoms with Crippen molar-refractivity contribution >= 4 is 33.3 Å². The molecule has 33 heavy (non-hydrogen) atoms. The van der Waals surface area contributed by atoms with E-state index in [1.165, 1.54) is 17.7 Å². The highest BCUT2D eigenvalue weighted by Crippen LogP contribution is 2.34. The Kier molecular flexibility index (Phi) is 5.94. The maximum atomic E-state index is 12.9. The van der Waals surface area contributed by atoms with Crippen LogP contribution in [-0.2, 0) is 26.0 Å². The number of rotatable bonds is 6. The van der Waals surface area contributed by atoms with Gasteiger partial charge in [-0.05, 0) is 74.4 Å². The van der Waals surface area contributed by atoms with Crippen LogP contribution in [0.4, 0.5) is 11.4 Å². The first kappa shape index (κ1) is 22.5. The molecule has 0 bridgehead atoms. The lowest BCUT2D eigenvalue weighted by atomic mass is 10.1. The molecule has 10 heteroatoms. The Hall–Kier alpha value is -3.66. The Morgan fingerprint density at radius 1 is 1.15 bits per heavy atom. The molecule has 3 aromatic rings. The summed E-state index contributed by atoms with van der Waals surface area (Å²) in [5.74, 6) is -0.572. The average Bonchev–Trinajstić information content (AvgIpc) is 3.37. The highest BCUT2D eigenvalue weighted by molar-refractivity contribution is 7.92. The molecule has 0 saturated carbocycles. The van der Waals surface area contributed by atoms with Gasteiger partial charge in [-0.15, -0.1) is 0 Å². The van der Waals surface area contributed by atoms with Gasteiger partial charge in [0.1, 0.15) is 0 Å². The Morgan fingerprint density at radius 2 is 1.88 bits per heavy atom. The van der Waals surface area contributed by atoms with Gasteiger partial charge in [0, 0.05) is 30.5 Å². The number of fused-ring (bicyclic) bond motifs is 1. The SMILES string of the molecule is CCOC(=O)c1ccn(-c2ccc(NS(=O)(=O)c3ccc4c(c3)CC(C)N4C(C)=O)cc2)n1. The zero-order valence-corrected chi connectivity index (χ0v) is 19.3. The minimum Gasteiger partial charge on any atom is -0.461 e.